The SMILES string of the molecule is CCN(CC(=O)O)C1CCN(CC(=O)NCCc2ccccc2OC)CC1.Cl. The second kappa shape index (κ2) is 12.6. The molecule has 0 aromatic heterocycles. The fraction of sp³-hybridized carbons (Fsp3) is 0.600. The number of piperidine rings is 1. The normalized spacial score (nSPS) is 15.1. The first kappa shape index (κ1) is 24.2. The van der Waals surface area contributed by atoms with Crippen molar-refractivity contribution in [1.29, 1.82) is 0 Å². The Balaban J connectivity index is 0.00000392. The Morgan fingerprint density at radius 3 is 2.57 bits per heavy atom. The Bertz CT molecular complexity index is 621. The summed E-state index contributed by atoms with van der Waals surface area (Å²) in [4.78, 5) is 27.3. The van der Waals surface area contributed by atoms with Crippen LogP contribution >= 0.6 is 12.4 Å². The summed E-state index contributed by atoms with van der Waals surface area (Å²) in [7, 11) is 1.65. The van der Waals surface area contributed by atoms with Crippen LogP contribution in [0.25, 0.3) is 0 Å². The molecule has 1 heterocycles. The van der Waals surface area contributed by atoms with Crippen LogP contribution in [0.4, 0.5) is 0 Å². The van der Waals surface area contributed by atoms with Crippen molar-refractivity contribution in [3.8, 4) is 5.75 Å². The first-order valence-electron chi connectivity index (χ1n) is 9.60. The smallest absolute Gasteiger partial charge is 0.317 e. The standard InChI is InChI=1S/C20H31N3O4.ClH/c1-3-23(15-20(25)26)17-9-12-22(13-10-17)14-19(24)21-11-8-16-6-4-5-7-18(16)27-2;/h4-7,17H,3,8-15H2,1-2H3,(H,21,24)(H,25,26);1H. The number of likely N-dealkylation sites (tertiary alicyclic amines) is 1. The van der Waals surface area contributed by atoms with Crippen molar-refractivity contribution < 1.29 is 19.4 Å². The highest BCUT2D eigenvalue weighted by Gasteiger charge is 2.25. The highest BCUT2D eigenvalue weighted by atomic mass is 35.5. The summed E-state index contributed by atoms with van der Waals surface area (Å²) in [6.45, 7) is 5.43. The molecule has 1 aliphatic heterocycles. The quantitative estimate of drug-likeness (QED) is 0.607. The third-order valence-electron chi connectivity index (χ3n) is 5.09. The summed E-state index contributed by atoms with van der Waals surface area (Å²) in [6.07, 6.45) is 2.53. The van der Waals surface area contributed by atoms with Crippen molar-refractivity contribution in [2.75, 3.05) is 46.4 Å². The van der Waals surface area contributed by atoms with E-state index < -0.39 is 5.97 Å². The maximum Gasteiger partial charge on any atom is 0.317 e. The number of carbonyl (C=O) groups is 2. The average Bonchev–Trinajstić information content (AvgIpc) is 2.67. The molecule has 0 radical (unpaired) electrons. The molecule has 1 aromatic rings. The van der Waals surface area contributed by atoms with E-state index in [1.165, 1.54) is 0 Å². The molecule has 2 rings (SSSR count). The molecule has 8 heteroatoms. The van der Waals surface area contributed by atoms with Crippen molar-refractivity contribution >= 4 is 24.3 Å². The molecule has 1 amide bonds. The van der Waals surface area contributed by atoms with Gasteiger partial charge in [-0.05, 0) is 37.4 Å². The van der Waals surface area contributed by atoms with E-state index in [4.69, 9.17) is 9.84 Å². The van der Waals surface area contributed by atoms with Crippen molar-refractivity contribution in [3.05, 3.63) is 29.8 Å². The van der Waals surface area contributed by atoms with Gasteiger partial charge < -0.3 is 15.2 Å². The number of amides is 1. The lowest BCUT2D eigenvalue weighted by molar-refractivity contribution is -0.139. The number of hydrogen-bond donors (Lipinski definition) is 2. The van der Waals surface area contributed by atoms with Gasteiger partial charge in [-0.2, -0.15) is 0 Å². The molecular weight excluding hydrogens is 382 g/mol. The van der Waals surface area contributed by atoms with E-state index in [1.54, 1.807) is 7.11 Å². The summed E-state index contributed by atoms with van der Waals surface area (Å²) < 4.78 is 5.33. The maximum absolute atomic E-state index is 12.2. The third-order valence-corrected chi connectivity index (χ3v) is 5.09. The Morgan fingerprint density at radius 1 is 1.29 bits per heavy atom. The summed E-state index contributed by atoms with van der Waals surface area (Å²) in [6, 6.07) is 8.11. The first-order chi connectivity index (χ1) is 13.0. The zero-order valence-electron chi connectivity index (χ0n) is 16.7. The van der Waals surface area contributed by atoms with Crippen LogP contribution in [0.1, 0.15) is 25.3 Å². The topological polar surface area (TPSA) is 82.1 Å². The van der Waals surface area contributed by atoms with Crippen LogP contribution in [0.15, 0.2) is 24.3 Å². The molecule has 7 nitrogen and oxygen atoms in total. The van der Waals surface area contributed by atoms with E-state index in [9.17, 15) is 9.59 Å². The molecule has 2 N–H and O–H groups in total. The predicted molar refractivity (Wildman–Crippen MR) is 111 cm³/mol. The van der Waals surface area contributed by atoms with Crippen molar-refractivity contribution in [2.24, 2.45) is 0 Å². The number of methoxy groups -OCH3 is 1. The number of rotatable bonds is 10. The third kappa shape index (κ3) is 7.66. The van der Waals surface area contributed by atoms with Gasteiger partial charge in [-0.1, -0.05) is 25.1 Å². The first-order valence-corrected chi connectivity index (χ1v) is 9.60. The summed E-state index contributed by atoms with van der Waals surface area (Å²) >= 11 is 0. The molecule has 28 heavy (non-hydrogen) atoms. The van der Waals surface area contributed by atoms with Crippen LogP contribution in [0.5, 0.6) is 5.75 Å². The van der Waals surface area contributed by atoms with Gasteiger partial charge in [0.05, 0.1) is 20.2 Å². The number of hydrogen-bond acceptors (Lipinski definition) is 5. The number of ether oxygens (including phenoxy) is 1. The second-order valence-corrected chi connectivity index (χ2v) is 6.88. The molecule has 0 aliphatic carbocycles. The second-order valence-electron chi connectivity index (χ2n) is 6.88. The van der Waals surface area contributed by atoms with Gasteiger partial charge in [-0.3, -0.25) is 19.4 Å². The molecule has 0 bridgehead atoms. The van der Waals surface area contributed by atoms with Gasteiger partial charge in [0, 0.05) is 25.7 Å². The number of carboxylic acids is 1. The molecule has 0 spiro atoms. The van der Waals surface area contributed by atoms with Crippen LogP contribution in [-0.2, 0) is 16.0 Å². The Morgan fingerprint density at radius 2 is 1.96 bits per heavy atom. The fourth-order valence-electron chi connectivity index (χ4n) is 3.62. The number of carboxylic acid groups (broad SMARTS) is 1. The molecule has 0 saturated carbocycles. The lowest BCUT2D eigenvalue weighted by Gasteiger charge is -2.37. The van der Waals surface area contributed by atoms with Crippen LogP contribution in [0.3, 0.4) is 0 Å². The van der Waals surface area contributed by atoms with Gasteiger partial charge in [0.15, 0.2) is 0 Å². The molecule has 158 valence electrons. The molecule has 0 atom stereocenters. The van der Waals surface area contributed by atoms with Crippen LogP contribution in [-0.4, -0.2) is 79.2 Å². The Labute approximate surface area is 173 Å². The maximum atomic E-state index is 12.2. The number of aliphatic carboxylic acids is 1. The molecule has 1 aliphatic rings. The van der Waals surface area contributed by atoms with Crippen LogP contribution < -0.4 is 10.1 Å². The van der Waals surface area contributed by atoms with Crippen LogP contribution in [0.2, 0.25) is 0 Å². The summed E-state index contributed by atoms with van der Waals surface area (Å²) in [5.74, 6) is 0.0885. The number of nitrogens with zero attached hydrogens (tertiary/aromatic N) is 2. The minimum absolute atomic E-state index is 0. The van der Waals surface area contributed by atoms with Gasteiger partial charge >= 0.3 is 5.97 Å². The predicted octanol–water partition coefficient (Wildman–Crippen LogP) is 1.65. The molecule has 0 unspecified atom stereocenters. The molecule has 1 aromatic carbocycles. The molecule has 1 fully saturated rings. The van der Waals surface area contributed by atoms with Crippen LogP contribution in [0, 0.1) is 0 Å². The number of benzene rings is 1. The van der Waals surface area contributed by atoms with Gasteiger partial charge in [0.25, 0.3) is 0 Å². The number of para-hydroxylation sites is 1. The zero-order chi connectivity index (χ0) is 19.6. The lowest BCUT2D eigenvalue weighted by atomic mass is 10.0. The summed E-state index contributed by atoms with van der Waals surface area (Å²) in [5, 5.41) is 12.0. The molecular formula is C20H32ClN3O4. The van der Waals surface area contributed by atoms with Gasteiger partial charge in [0.1, 0.15) is 5.75 Å². The van der Waals surface area contributed by atoms with E-state index in [-0.39, 0.29) is 30.9 Å². The number of likely N-dealkylation sites (N-methyl/N-ethyl adjacent to an activating group) is 1. The van der Waals surface area contributed by atoms with E-state index in [0.717, 1.165) is 50.2 Å². The minimum atomic E-state index is -0.784. The molecule has 1 saturated heterocycles. The van der Waals surface area contributed by atoms with E-state index >= 15 is 0 Å². The number of nitrogens with one attached hydrogen (secondary N) is 1. The largest absolute Gasteiger partial charge is 0.496 e. The van der Waals surface area contributed by atoms with Crippen molar-refractivity contribution in [1.82, 2.24) is 15.1 Å². The van der Waals surface area contributed by atoms with E-state index in [0.29, 0.717) is 13.1 Å². The van der Waals surface area contributed by atoms with Crippen molar-refractivity contribution in [3.63, 3.8) is 0 Å². The van der Waals surface area contributed by atoms with E-state index in [2.05, 4.69) is 10.2 Å². The minimum Gasteiger partial charge on any atom is -0.496 e. The van der Waals surface area contributed by atoms with Gasteiger partial charge in [-0.25, -0.2) is 0 Å². The fourth-order valence-corrected chi connectivity index (χ4v) is 3.62. The van der Waals surface area contributed by atoms with Gasteiger partial charge in [0.2, 0.25) is 5.91 Å². The highest BCUT2D eigenvalue weighted by Crippen LogP contribution is 2.18. The monoisotopic (exact) mass is 413 g/mol. The number of halogens is 1. The van der Waals surface area contributed by atoms with E-state index in [1.807, 2.05) is 36.1 Å². The number of carbonyl (C=O) groups excluding carboxylic acids is 1. The highest BCUT2D eigenvalue weighted by molar-refractivity contribution is 5.85. The Hall–Kier alpha value is -1.83. The zero-order valence-corrected chi connectivity index (χ0v) is 17.5. The average molecular weight is 414 g/mol. The summed E-state index contributed by atoms with van der Waals surface area (Å²) in [5.41, 5.74) is 1.08. The van der Waals surface area contributed by atoms with Gasteiger partial charge in [-0.15, -0.1) is 12.4 Å². The lowest BCUT2D eigenvalue weighted by Crippen LogP contribution is -2.48. The Kier molecular flexibility index (Phi) is 10.9. The van der Waals surface area contributed by atoms with Crippen molar-refractivity contribution in [2.45, 2.75) is 32.2 Å².